The molecule has 0 aliphatic carbocycles. The molecule has 118 valence electrons. The highest BCUT2D eigenvalue weighted by atomic mass is 15.2. The first kappa shape index (κ1) is 16.5. The second kappa shape index (κ2) is 6.93. The van der Waals surface area contributed by atoms with Crippen LogP contribution in [-0.2, 0) is 6.42 Å². The van der Waals surface area contributed by atoms with E-state index in [-0.39, 0.29) is 11.1 Å². The number of benzene rings is 1. The van der Waals surface area contributed by atoms with Gasteiger partial charge in [-0.2, -0.15) is 0 Å². The van der Waals surface area contributed by atoms with Crippen LogP contribution in [0.5, 0.6) is 0 Å². The zero-order chi connectivity index (χ0) is 15.3. The molecule has 0 radical (unpaired) electrons. The van der Waals surface area contributed by atoms with Gasteiger partial charge in [0, 0.05) is 17.6 Å². The summed E-state index contributed by atoms with van der Waals surface area (Å²) in [7, 11) is 0. The average molecular weight is 288 g/mol. The van der Waals surface area contributed by atoms with Gasteiger partial charge in [-0.3, -0.25) is 4.90 Å². The lowest BCUT2D eigenvalue weighted by atomic mass is 9.90. The quantitative estimate of drug-likeness (QED) is 0.885. The van der Waals surface area contributed by atoms with Crippen molar-refractivity contribution in [2.24, 2.45) is 0 Å². The van der Waals surface area contributed by atoms with Crippen LogP contribution in [0.2, 0.25) is 0 Å². The van der Waals surface area contributed by atoms with Gasteiger partial charge in [-0.15, -0.1) is 0 Å². The zero-order valence-electron chi connectivity index (χ0n) is 14.3. The lowest BCUT2D eigenvalue weighted by Crippen LogP contribution is -2.54. The highest BCUT2D eigenvalue weighted by Gasteiger charge is 2.34. The summed E-state index contributed by atoms with van der Waals surface area (Å²) < 4.78 is 0. The van der Waals surface area contributed by atoms with E-state index >= 15 is 0 Å². The minimum atomic E-state index is 0.262. The summed E-state index contributed by atoms with van der Waals surface area (Å²) in [5.41, 5.74) is 1.98. The van der Waals surface area contributed by atoms with Crippen LogP contribution in [0.15, 0.2) is 30.3 Å². The number of aryl methyl sites for hydroxylation is 1. The van der Waals surface area contributed by atoms with Crippen molar-refractivity contribution in [2.75, 3.05) is 19.6 Å². The minimum Gasteiger partial charge on any atom is -0.310 e. The van der Waals surface area contributed by atoms with Crippen molar-refractivity contribution in [1.82, 2.24) is 10.2 Å². The van der Waals surface area contributed by atoms with Gasteiger partial charge in [0.2, 0.25) is 0 Å². The third-order valence-corrected chi connectivity index (χ3v) is 5.20. The second-order valence-corrected chi connectivity index (χ2v) is 7.41. The van der Waals surface area contributed by atoms with Crippen LogP contribution in [0.25, 0.3) is 0 Å². The summed E-state index contributed by atoms with van der Waals surface area (Å²) in [5, 5.41) is 3.74. The largest absolute Gasteiger partial charge is 0.310 e. The molecule has 1 N–H and O–H groups in total. The molecule has 2 rings (SSSR count). The van der Waals surface area contributed by atoms with Crippen molar-refractivity contribution in [1.29, 1.82) is 0 Å². The van der Waals surface area contributed by atoms with Crippen molar-refractivity contribution in [3.05, 3.63) is 35.9 Å². The summed E-state index contributed by atoms with van der Waals surface area (Å²) in [6.45, 7) is 13.0. The van der Waals surface area contributed by atoms with Gasteiger partial charge in [-0.25, -0.2) is 0 Å². The molecule has 2 heteroatoms. The van der Waals surface area contributed by atoms with Crippen molar-refractivity contribution < 1.29 is 0 Å². The Morgan fingerprint density at radius 2 is 1.95 bits per heavy atom. The predicted octanol–water partition coefficient (Wildman–Crippen LogP) is 3.86. The zero-order valence-corrected chi connectivity index (χ0v) is 14.3. The maximum Gasteiger partial charge on any atom is 0.0278 e. The lowest BCUT2D eigenvalue weighted by Gasteiger charge is -2.42. The van der Waals surface area contributed by atoms with Crippen molar-refractivity contribution in [3.63, 3.8) is 0 Å². The second-order valence-electron chi connectivity index (χ2n) is 7.41. The van der Waals surface area contributed by atoms with E-state index in [1.807, 2.05) is 0 Å². The Morgan fingerprint density at radius 3 is 2.62 bits per heavy atom. The Kier molecular flexibility index (Phi) is 5.45. The SMILES string of the molecule is CCC1(C)CN(C(C)(C)CCc2ccccc2)CCCN1. The topological polar surface area (TPSA) is 15.3 Å². The van der Waals surface area contributed by atoms with Gasteiger partial charge in [0.1, 0.15) is 0 Å². The minimum absolute atomic E-state index is 0.262. The molecule has 1 aliphatic rings. The lowest BCUT2D eigenvalue weighted by molar-refractivity contribution is 0.0890. The van der Waals surface area contributed by atoms with Gasteiger partial charge in [0.05, 0.1) is 0 Å². The van der Waals surface area contributed by atoms with E-state index in [9.17, 15) is 0 Å². The third-order valence-electron chi connectivity index (χ3n) is 5.20. The van der Waals surface area contributed by atoms with Gasteiger partial charge >= 0.3 is 0 Å². The van der Waals surface area contributed by atoms with Gasteiger partial charge in [0.15, 0.2) is 0 Å². The first-order valence-electron chi connectivity index (χ1n) is 8.49. The maximum absolute atomic E-state index is 3.74. The fourth-order valence-electron chi connectivity index (χ4n) is 3.22. The van der Waals surface area contributed by atoms with Gasteiger partial charge in [-0.05, 0) is 65.1 Å². The summed E-state index contributed by atoms with van der Waals surface area (Å²) in [4.78, 5) is 2.71. The Hall–Kier alpha value is -0.860. The number of hydrogen-bond acceptors (Lipinski definition) is 2. The van der Waals surface area contributed by atoms with Crippen LogP contribution in [0.3, 0.4) is 0 Å². The molecule has 1 fully saturated rings. The van der Waals surface area contributed by atoms with E-state index in [1.165, 1.54) is 37.8 Å². The molecular formula is C19H32N2. The summed E-state index contributed by atoms with van der Waals surface area (Å²) in [5.74, 6) is 0. The molecule has 1 aromatic rings. The first-order valence-corrected chi connectivity index (χ1v) is 8.49. The van der Waals surface area contributed by atoms with Crippen LogP contribution in [0.4, 0.5) is 0 Å². The molecule has 0 aromatic heterocycles. The normalized spacial score (nSPS) is 24.8. The molecule has 1 unspecified atom stereocenters. The number of rotatable bonds is 5. The van der Waals surface area contributed by atoms with E-state index in [2.05, 4.69) is 68.2 Å². The van der Waals surface area contributed by atoms with E-state index in [0.29, 0.717) is 0 Å². The molecular weight excluding hydrogens is 256 g/mol. The Balaban J connectivity index is 2.00. The molecule has 2 nitrogen and oxygen atoms in total. The van der Waals surface area contributed by atoms with E-state index in [0.717, 1.165) is 13.1 Å². The molecule has 1 aromatic carbocycles. The van der Waals surface area contributed by atoms with Crippen molar-refractivity contribution in [2.45, 2.75) is 64.5 Å². The van der Waals surface area contributed by atoms with Crippen LogP contribution in [0.1, 0.15) is 52.5 Å². The first-order chi connectivity index (χ1) is 9.95. The monoisotopic (exact) mass is 288 g/mol. The van der Waals surface area contributed by atoms with Gasteiger partial charge in [-0.1, -0.05) is 37.3 Å². The standard InChI is InChI=1S/C19H32N2/c1-5-19(4)16-21(15-9-14-20-19)18(2,3)13-12-17-10-7-6-8-11-17/h6-8,10-11,20H,5,9,12-16H2,1-4H3. The predicted molar refractivity (Wildman–Crippen MR) is 91.7 cm³/mol. The molecule has 0 saturated carbocycles. The summed E-state index contributed by atoms with van der Waals surface area (Å²) >= 11 is 0. The van der Waals surface area contributed by atoms with E-state index < -0.39 is 0 Å². The van der Waals surface area contributed by atoms with Crippen LogP contribution in [-0.4, -0.2) is 35.6 Å². The number of nitrogens with zero attached hydrogens (tertiary/aromatic N) is 1. The third kappa shape index (κ3) is 4.55. The van der Waals surface area contributed by atoms with Crippen LogP contribution in [0, 0.1) is 0 Å². The Labute approximate surface area is 130 Å². The fourth-order valence-corrected chi connectivity index (χ4v) is 3.22. The van der Waals surface area contributed by atoms with Gasteiger partial charge < -0.3 is 5.32 Å². The molecule has 1 atom stereocenters. The Morgan fingerprint density at radius 1 is 1.24 bits per heavy atom. The molecule has 1 saturated heterocycles. The molecule has 0 spiro atoms. The summed E-state index contributed by atoms with van der Waals surface area (Å²) in [6, 6.07) is 10.9. The smallest absolute Gasteiger partial charge is 0.0278 e. The van der Waals surface area contributed by atoms with E-state index in [1.54, 1.807) is 0 Å². The molecule has 0 amide bonds. The highest BCUT2D eigenvalue weighted by Crippen LogP contribution is 2.26. The fraction of sp³-hybridized carbons (Fsp3) is 0.684. The van der Waals surface area contributed by atoms with Crippen molar-refractivity contribution >= 4 is 0 Å². The summed E-state index contributed by atoms with van der Waals surface area (Å²) in [6.07, 6.45) is 4.83. The van der Waals surface area contributed by atoms with E-state index in [4.69, 9.17) is 0 Å². The molecule has 21 heavy (non-hydrogen) atoms. The van der Waals surface area contributed by atoms with Crippen LogP contribution < -0.4 is 5.32 Å². The number of hydrogen-bond donors (Lipinski definition) is 1. The average Bonchev–Trinajstić information content (AvgIpc) is 2.70. The highest BCUT2D eigenvalue weighted by molar-refractivity contribution is 5.15. The molecule has 1 heterocycles. The molecule has 1 aliphatic heterocycles. The molecule has 0 bridgehead atoms. The number of nitrogens with one attached hydrogen (secondary N) is 1. The van der Waals surface area contributed by atoms with Gasteiger partial charge in [0.25, 0.3) is 0 Å². The maximum atomic E-state index is 3.74. The Bertz CT molecular complexity index is 426. The van der Waals surface area contributed by atoms with Crippen molar-refractivity contribution in [3.8, 4) is 0 Å². The van der Waals surface area contributed by atoms with Crippen LogP contribution >= 0.6 is 0 Å².